The Kier molecular flexibility index (Phi) is 4.95. The quantitative estimate of drug-likeness (QED) is 0.527. The number of hydrogen-bond acceptors (Lipinski definition) is 3. The van der Waals surface area contributed by atoms with Gasteiger partial charge in [0.1, 0.15) is 0 Å². The van der Waals surface area contributed by atoms with Gasteiger partial charge in [-0.25, -0.2) is 0 Å². The largest absolute Gasteiger partial charge is 0.389 e. The Hall–Kier alpha value is -0.610. The van der Waals surface area contributed by atoms with Crippen LogP contribution >= 0.6 is 0 Å². The van der Waals surface area contributed by atoms with Crippen LogP contribution in [0.3, 0.4) is 0 Å². The van der Waals surface area contributed by atoms with Gasteiger partial charge in [-0.15, -0.1) is 0 Å². The standard InChI is InChI=1S/C9H20N2O2/c1-7(9(3,4)13)10-5-6-11-8(2)12/h7,10,13H,5-6H2,1-4H3,(H,11,12). The van der Waals surface area contributed by atoms with Crippen molar-refractivity contribution in [2.75, 3.05) is 13.1 Å². The topological polar surface area (TPSA) is 61.4 Å². The highest BCUT2D eigenvalue weighted by Crippen LogP contribution is 2.06. The number of aliphatic hydroxyl groups is 1. The summed E-state index contributed by atoms with van der Waals surface area (Å²) in [7, 11) is 0. The first-order chi connectivity index (χ1) is 5.84. The number of hydrogen-bond donors (Lipinski definition) is 3. The molecule has 0 fully saturated rings. The van der Waals surface area contributed by atoms with Gasteiger partial charge in [-0.2, -0.15) is 0 Å². The highest BCUT2D eigenvalue weighted by Gasteiger charge is 2.20. The smallest absolute Gasteiger partial charge is 0.216 e. The molecule has 13 heavy (non-hydrogen) atoms. The van der Waals surface area contributed by atoms with Crippen LogP contribution in [-0.2, 0) is 4.79 Å². The first kappa shape index (κ1) is 12.4. The monoisotopic (exact) mass is 188 g/mol. The summed E-state index contributed by atoms with van der Waals surface area (Å²) in [6.45, 7) is 8.17. The van der Waals surface area contributed by atoms with E-state index in [4.69, 9.17) is 0 Å². The molecule has 1 amide bonds. The van der Waals surface area contributed by atoms with Gasteiger partial charge in [-0.1, -0.05) is 0 Å². The van der Waals surface area contributed by atoms with Crippen molar-refractivity contribution in [3.05, 3.63) is 0 Å². The van der Waals surface area contributed by atoms with Gasteiger partial charge in [-0.3, -0.25) is 4.79 Å². The fourth-order valence-electron chi connectivity index (χ4n) is 0.777. The van der Waals surface area contributed by atoms with Crippen molar-refractivity contribution in [1.82, 2.24) is 10.6 Å². The lowest BCUT2D eigenvalue weighted by Gasteiger charge is -2.26. The Balaban J connectivity index is 3.49. The van der Waals surface area contributed by atoms with Gasteiger partial charge in [0.05, 0.1) is 5.60 Å². The maximum Gasteiger partial charge on any atom is 0.216 e. The Morgan fingerprint density at radius 3 is 2.38 bits per heavy atom. The summed E-state index contributed by atoms with van der Waals surface area (Å²) in [6.07, 6.45) is 0. The van der Waals surface area contributed by atoms with Gasteiger partial charge in [0.15, 0.2) is 0 Å². The number of carbonyl (C=O) groups excluding carboxylic acids is 1. The zero-order valence-electron chi connectivity index (χ0n) is 8.85. The summed E-state index contributed by atoms with van der Waals surface area (Å²) in [4.78, 5) is 10.5. The maximum absolute atomic E-state index is 10.5. The minimum absolute atomic E-state index is 0.0151. The molecular weight excluding hydrogens is 168 g/mol. The normalized spacial score (nSPS) is 13.9. The van der Waals surface area contributed by atoms with E-state index in [1.165, 1.54) is 6.92 Å². The van der Waals surface area contributed by atoms with Crippen molar-refractivity contribution in [2.45, 2.75) is 39.3 Å². The summed E-state index contributed by atoms with van der Waals surface area (Å²) < 4.78 is 0. The molecule has 78 valence electrons. The SMILES string of the molecule is CC(=O)NCCNC(C)C(C)(C)O. The Labute approximate surface area is 79.7 Å². The first-order valence-electron chi connectivity index (χ1n) is 4.54. The van der Waals surface area contributed by atoms with Crippen molar-refractivity contribution in [3.8, 4) is 0 Å². The van der Waals surface area contributed by atoms with E-state index in [9.17, 15) is 9.90 Å². The van der Waals surface area contributed by atoms with Crippen LogP contribution in [0.4, 0.5) is 0 Å². The van der Waals surface area contributed by atoms with Crippen LogP contribution < -0.4 is 10.6 Å². The predicted molar refractivity (Wildman–Crippen MR) is 52.4 cm³/mol. The number of nitrogens with one attached hydrogen (secondary N) is 2. The summed E-state index contributed by atoms with van der Waals surface area (Å²) >= 11 is 0. The molecule has 0 aliphatic carbocycles. The first-order valence-corrected chi connectivity index (χ1v) is 4.54. The molecule has 4 nitrogen and oxygen atoms in total. The molecule has 4 heteroatoms. The second-order valence-corrected chi connectivity index (χ2v) is 3.81. The van der Waals surface area contributed by atoms with Crippen LogP contribution in [0.1, 0.15) is 27.7 Å². The number of rotatable bonds is 5. The van der Waals surface area contributed by atoms with Gasteiger partial charge in [0.2, 0.25) is 5.91 Å². The number of carbonyl (C=O) groups is 1. The lowest BCUT2D eigenvalue weighted by atomic mass is 10.0. The van der Waals surface area contributed by atoms with Gasteiger partial charge in [0.25, 0.3) is 0 Å². The minimum atomic E-state index is -0.726. The van der Waals surface area contributed by atoms with Crippen LogP contribution in [0.2, 0.25) is 0 Å². The molecule has 0 rings (SSSR count). The van der Waals surface area contributed by atoms with E-state index in [2.05, 4.69) is 10.6 Å². The molecule has 1 unspecified atom stereocenters. The van der Waals surface area contributed by atoms with Crippen LogP contribution in [0, 0.1) is 0 Å². The van der Waals surface area contributed by atoms with Crippen LogP contribution in [0.15, 0.2) is 0 Å². The van der Waals surface area contributed by atoms with Gasteiger partial charge in [-0.05, 0) is 20.8 Å². The van der Waals surface area contributed by atoms with E-state index in [1.807, 2.05) is 6.92 Å². The van der Waals surface area contributed by atoms with E-state index in [0.717, 1.165) is 0 Å². The molecule has 0 aliphatic heterocycles. The van der Waals surface area contributed by atoms with Gasteiger partial charge in [0, 0.05) is 26.1 Å². The highest BCUT2D eigenvalue weighted by molar-refractivity contribution is 5.72. The molecule has 0 saturated heterocycles. The zero-order chi connectivity index (χ0) is 10.5. The van der Waals surface area contributed by atoms with E-state index < -0.39 is 5.60 Å². The maximum atomic E-state index is 10.5. The highest BCUT2D eigenvalue weighted by atomic mass is 16.3. The zero-order valence-corrected chi connectivity index (χ0v) is 8.85. The molecule has 0 bridgehead atoms. The third-order valence-electron chi connectivity index (χ3n) is 2.01. The molecule has 0 aromatic rings. The molecule has 0 saturated carbocycles. The second kappa shape index (κ2) is 5.19. The van der Waals surface area contributed by atoms with E-state index in [0.29, 0.717) is 13.1 Å². The van der Waals surface area contributed by atoms with Crippen LogP contribution in [0.25, 0.3) is 0 Å². The van der Waals surface area contributed by atoms with Crippen LogP contribution in [0.5, 0.6) is 0 Å². The van der Waals surface area contributed by atoms with E-state index in [1.54, 1.807) is 13.8 Å². The summed E-state index contributed by atoms with van der Waals surface area (Å²) in [5.41, 5.74) is -0.726. The molecule has 0 radical (unpaired) electrons. The fraction of sp³-hybridized carbons (Fsp3) is 0.889. The Morgan fingerprint density at radius 1 is 1.46 bits per heavy atom. The third kappa shape index (κ3) is 6.54. The fourth-order valence-corrected chi connectivity index (χ4v) is 0.777. The Morgan fingerprint density at radius 2 is 2.00 bits per heavy atom. The molecule has 0 aromatic heterocycles. The molecule has 3 N–H and O–H groups in total. The van der Waals surface area contributed by atoms with Crippen molar-refractivity contribution in [1.29, 1.82) is 0 Å². The second-order valence-electron chi connectivity index (χ2n) is 3.81. The van der Waals surface area contributed by atoms with E-state index >= 15 is 0 Å². The van der Waals surface area contributed by atoms with Crippen LogP contribution in [-0.4, -0.2) is 35.7 Å². The molecule has 0 aliphatic rings. The lowest BCUT2D eigenvalue weighted by Crippen LogP contribution is -2.46. The van der Waals surface area contributed by atoms with Crippen molar-refractivity contribution in [3.63, 3.8) is 0 Å². The minimum Gasteiger partial charge on any atom is -0.389 e. The average Bonchev–Trinajstić information content (AvgIpc) is 1.95. The molecule has 0 heterocycles. The molecular formula is C9H20N2O2. The Bertz CT molecular complexity index is 163. The summed E-state index contributed by atoms with van der Waals surface area (Å²) in [5.74, 6) is -0.0299. The van der Waals surface area contributed by atoms with Gasteiger partial charge >= 0.3 is 0 Å². The third-order valence-corrected chi connectivity index (χ3v) is 2.01. The van der Waals surface area contributed by atoms with Crippen molar-refractivity contribution >= 4 is 5.91 Å². The average molecular weight is 188 g/mol. The lowest BCUT2D eigenvalue weighted by molar-refractivity contribution is -0.118. The molecule has 0 aromatic carbocycles. The molecule has 1 atom stereocenters. The van der Waals surface area contributed by atoms with E-state index in [-0.39, 0.29) is 11.9 Å². The molecule has 0 spiro atoms. The van der Waals surface area contributed by atoms with Crippen molar-refractivity contribution in [2.24, 2.45) is 0 Å². The summed E-state index contributed by atoms with van der Waals surface area (Å²) in [5, 5.41) is 15.3. The van der Waals surface area contributed by atoms with Gasteiger partial charge < -0.3 is 15.7 Å². The summed E-state index contributed by atoms with van der Waals surface area (Å²) in [6, 6.07) is 0.0151. The number of amides is 1. The predicted octanol–water partition coefficient (Wildman–Crippen LogP) is -0.128. The van der Waals surface area contributed by atoms with Crippen molar-refractivity contribution < 1.29 is 9.90 Å².